The molecule has 0 saturated carbocycles. The summed E-state index contributed by atoms with van der Waals surface area (Å²) in [5, 5.41) is 4.65. The molecule has 0 aliphatic heterocycles. The number of carbonyl (C=O) groups excluding carboxylic acids is 2. The van der Waals surface area contributed by atoms with E-state index in [2.05, 4.69) is 5.32 Å². The van der Waals surface area contributed by atoms with Crippen LogP contribution in [-0.4, -0.2) is 28.8 Å². The van der Waals surface area contributed by atoms with E-state index in [0.29, 0.717) is 27.9 Å². The zero-order chi connectivity index (χ0) is 26.1. The Morgan fingerprint density at radius 2 is 1.58 bits per heavy atom. The van der Waals surface area contributed by atoms with E-state index < -0.39 is 6.04 Å². The van der Waals surface area contributed by atoms with Gasteiger partial charge in [-0.2, -0.15) is 0 Å². The number of halogens is 3. The molecule has 190 valence electrons. The molecule has 0 unspecified atom stereocenters. The Kier molecular flexibility index (Phi) is 10.7. The van der Waals surface area contributed by atoms with Crippen molar-refractivity contribution in [3.8, 4) is 0 Å². The molecule has 1 N–H and O–H groups in total. The topological polar surface area (TPSA) is 49.4 Å². The number of nitrogens with one attached hydrogen (secondary N) is 1. The molecule has 3 aromatic rings. The van der Waals surface area contributed by atoms with Crippen LogP contribution in [0.3, 0.4) is 0 Å². The summed E-state index contributed by atoms with van der Waals surface area (Å²) in [7, 11) is 0. The molecule has 2 amide bonds. The highest BCUT2D eigenvalue weighted by Crippen LogP contribution is 2.25. The molecule has 0 radical (unpaired) electrons. The Balaban J connectivity index is 1.95. The minimum absolute atomic E-state index is 0.0185. The number of hydrogen-bond donors (Lipinski definition) is 1. The average Bonchev–Trinajstić information content (AvgIpc) is 2.87. The lowest BCUT2D eigenvalue weighted by molar-refractivity contribution is -0.141. The Bertz CT molecular complexity index is 1170. The SMILES string of the molecule is CC[C@@H](C)NC(=O)[C@H](Cc1ccccc1)N(Cc1ccc(Cl)cc1Cl)C(=O)CCc1ccccc1Cl. The first-order valence-electron chi connectivity index (χ1n) is 12.1. The van der Waals surface area contributed by atoms with Gasteiger partial charge in [-0.3, -0.25) is 9.59 Å². The zero-order valence-electron chi connectivity index (χ0n) is 20.5. The maximum Gasteiger partial charge on any atom is 0.243 e. The van der Waals surface area contributed by atoms with E-state index in [1.165, 1.54) is 0 Å². The number of amides is 2. The fourth-order valence-electron chi connectivity index (χ4n) is 3.91. The van der Waals surface area contributed by atoms with Gasteiger partial charge in [0.2, 0.25) is 11.8 Å². The van der Waals surface area contributed by atoms with Gasteiger partial charge in [-0.1, -0.05) is 96.3 Å². The highest BCUT2D eigenvalue weighted by Gasteiger charge is 2.31. The van der Waals surface area contributed by atoms with E-state index >= 15 is 0 Å². The molecule has 0 aromatic heterocycles. The maximum absolute atomic E-state index is 13.7. The number of aryl methyl sites for hydroxylation is 1. The van der Waals surface area contributed by atoms with Crippen LogP contribution in [0, 0.1) is 0 Å². The Hall–Kier alpha value is -2.53. The van der Waals surface area contributed by atoms with Crippen molar-refractivity contribution in [2.75, 3.05) is 0 Å². The smallest absolute Gasteiger partial charge is 0.243 e. The first kappa shape index (κ1) is 28.0. The Morgan fingerprint density at radius 1 is 0.889 bits per heavy atom. The standard InChI is InChI=1S/C29H31Cl3N2O2/c1-3-20(2)33-29(36)27(17-21-9-5-4-6-10-21)34(19-23-13-15-24(30)18-26(23)32)28(35)16-14-22-11-7-8-12-25(22)31/h4-13,15,18,20,27H,3,14,16-17,19H2,1-2H3,(H,33,36)/t20-,27+/m1/s1. The molecule has 36 heavy (non-hydrogen) atoms. The van der Waals surface area contributed by atoms with Crippen LogP contribution in [0.4, 0.5) is 0 Å². The monoisotopic (exact) mass is 544 g/mol. The van der Waals surface area contributed by atoms with E-state index in [1.54, 1.807) is 23.1 Å². The minimum atomic E-state index is -0.716. The predicted molar refractivity (Wildman–Crippen MR) is 149 cm³/mol. The van der Waals surface area contributed by atoms with Crippen molar-refractivity contribution >= 4 is 46.6 Å². The number of carbonyl (C=O) groups is 2. The van der Waals surface area contributed by atoms with Crippen LogP contribution >= 0.6 is 34.8 Å². The fraction of sp³-hybridized carbons (Fsp3) is 0.310. The molecule has 0 aliphatic carbocycles. The molecule has 3 aromatic carbocycles. The molecule has 0 heterocycles. The Labute approximate surface area is 228 Å². The molecule has 3 rings (SSSR count). The van der Waals surface area contributed by atoms with Gasteiger partial charge in [0.25, 0.3) is 0 Å². The lowest BCUT2D eigenvalue weighted by Gasteiger charge is -2.32. The van der Waals surface area contributed by atoms with Crippen molar-refractivity contribution in [3.05, 3.63) is 105 Å². The number of nitrogens with zero attached hydrogens (tertiary/aromatic N) is 1. The van der Waals surface area contributed by atoms with Crippen molar-refractivity contribution in [2.24, 2.45) is 0 Å². The second-order valence-electron chi connectivity index (χ2n) is 8.87. The van der Waals surface area contributed by atoms with Gasteiger partial charge >= 0.3 is 0 Å². The van der Waals surface area contributed by atoms with Gasteiger partial charge in [0.1, 0.15) is 6.04 Å². The molecule has 0 aliphatic rings. The van der Waals surface area contributed by atoms with Crippen LogP contribution in [0.5, 0.6) is 0 Å². The third-order valence-electron chi connectivity index (χ3n) is 6.19. The summed E-state index contributed by atoms with van der Waals surface area (Å²) >= 11 is 18.9. The van der Waals surface area contributed by atoms with Gasteiger partial charge in [-0.25, -0.2) is 0 Å². The van der Waals surface area contributed by atoms with Crippen LogP contribution in [0.25, 0.3) is 0 Å². The van der Waals surface area contributed by atoms with Gasteiger partial charge < -0.3 is 10.2 Å². The van der Waals surface area contributed by atoms with E-state index in [-0.39, 0.29) is 30.8 Å². The van der Waals surface area contributed by atoms with Crippen LogP contribution in [-0.2, 0) is 29.0 Å². The predicted octanol–water partition coefficient (Wildman–Crippen LogP) is 7.13. The molecular weight excluding hydrogens is 515 g/mol. The van der Waals surface area contributed by atoms with Crippen molar-refractivity contribution in [1.29, 1.82) is 0 Å². The van der Waals surface area contributed by atoms with Crippen molar-refractivity contribution in [3.63, 3.8) is 0 Å². The summed E-state index contributed by atoms with van der Waals surface area (Å²) < 4.78 is 0. The summed E-state index contributed by atoms with van der Waals surface area (Å²) in [6.45, 7) is 4.15. The maximum atomic E-state index is 13.7. The van der Waals surface area contributed by atoms with E-state index in [4.69, 9.17) is 34.8 Å². The zero-order valence-corrected chi connectivity index (χ0v) is 22.8. The average molecular weight is 546 g/mol. The minimum Gasteiger partial charge on any atom is -0.352 e. The summed E-state index contributed by atoms with van der Waals surface area (Å²) in [5.41, 5.74) is 2.58. The van der Waals surface area contributed by atoms with Crippen LogP contribution in [0.2, 0.25) is 15.1 Å². The normalized spacial score (nSPS) is 12.6. The van der Waals surface area contributed by atoms with Gasteiger partial charge in [-0.05, 0) is 54.7 Å². The number of hydrogen-bond acceptors (Lipinski definition) is 2. The third-order valence-corrected chi connectivity index (χ3v) is 7.15. The van der Waals surface area contributed by atoms with Crippen molar-refractivity contribution in [1.82, 2.24) is 10.2 Å². The summed E-state index contributed by atoms with van der Waals surface area (Å²) in [4.78, 5) is 28.9. The lowest BCUT2D eigenvalue weighted by atomic mass is 10.0. The molecule has 0 saturated heterocycles. The molecule has 2 atom stereocenters. The molecule has 7 heteroatoms. The van der Waals surface area contributed by atoms with E-state index in [1.807, 2.05) is 68.4 Å². The van der Waals surface area contributed by atoms with Crippen molar-refractivity contribution < 1.29 is 9.59 Å². The first-order chi connectivity index (χ1) is 17.3. The van der Waals surface area contributed by atoms with Gasteiger partial charge in [0.15, 0.2) is 0 Å². The quantitative estimate of drug-likeness (QED) is 0.278. The third kappa shape index (κ3) is 7.99. The van der Waals surface area contributed by atoms with Crippen LogP contribution in [0.1, 0.15) is 43.4 Å². The highest BCUT2D eigenvalue weighted by molar-refractivity contribution is 6.35. The highest BCUT2D eigenvalue weighted by atomic mass is 35.5. The molecular formula is C29H31Cl3N2O2. The second-order valence-corrected chi connectivity index (χ2v) is 10.1. The number of rotatable bonds is 11. The van der Waals surface area contributed by atoms with E-state index in [0.717, 1.165) is 23.1 Å². The van der Waals surface area contributed by atoms with Crippen LogP contribution in [0.15, 0.2) is 72.8 Å². The number of benzene rings is 3. The molecule has 0 bridgehead atoms. The summed E-state index contributed by atoms with van der Waals surface area (Å²) in [5.74, 6) is -0.342. The Morgan fingerprint density at radius 3 is 2.25 bits per heavy atom. The van der Waals surface area contributed by atoms with Crippen LogP contribution < -0.4 is 5.32 Å². The van der Waals surface area contributed by atoms with Crippen molar-refractivity contribution in [2.45, 2.75) is 58.2 Å². The molecule has 4 nitrogen and oxygen atoms in total. The van der Waals surface area contributed by atoms with E-state index in [9.17, 15) is 9.59 Å². The fourth-order valence-corrected chi connectivity index (χ4v) is 4.61. The summed E-state index contributed by atoms with van der Waals surface area (Å²) in [6, 6.07) is 21.6. The van der Waals surface area contributed by atoms with Gasteiger partial charge in [0.05, 0.1) is 0 Å². The van der Waals surface area contributed by atoms with Gasteiger partial charge in [0, 0.05) is 40.5 Å². The molecule has 0 fully saturated rings. The largest absolute Gasteiger partial charge is 0.352 e. The lowest BCUT2D eigenvalue weighted by Crippen LogP contribution is -2.52. The second kappa shape index (κ2) is 13.7. The first-order valence-corrected chi connectivity index (χ1v) is 13.2. The molecule has 0 spiro atoms. The van der Waals surface area contributed by atoms with Gasteiger partial charge in [-0.15, -0.1) is 0 Å². The summed E-state index contributed by atoms with van der Waals surface area (Å²) in [6.07, 6.45) is 1.84.